The molecule has 88 valence electrons. The molecule has 2 aromatic rings. The normalized spacial score (nSPS) is 12.3. The van der Waals surface area contributed by atoms with E-state index in [4.69, 9.17) is 5.73 Å². The van der Waals surface area contributed by atoms with Gasteiger partial charge in [-0.25, -0.2) is 0 Å². The highest BCUT2D eigenvalue weighted by atomic mass is 16.3. The minimum atomic E-state index is -1.17. The van der Waals surface area contributed by atoms with Crippen molar-refractivity contribution in [3.63, 3.8) is 0 Å². The van der Waals surface area contributed by atoms with Crippen molar-refractivity contribution in [3.8, 4) is 0 Å². The first-order chi connectivity index (χ1) is 8.16. The van der Waals surface area contributed by atoms with Gasteiger partial charge in [-0.05, 0) is 22.9 Å². The maximum atomic E-state index is 10.7. The van der Waals surface area contributed by atoms with Gasteiger partial charge in [0.1, 0.15) is 6.10 Å². The van der Waals surface area contributed by atoms with Crippen molar-refractivity contribution in [2.45, 2.75) is 6.10 Å². The number of rotatable bonds is 4. The Labute approximate surface area is 99.1 Å². The molecule has 17 heavy (non-hydrogen) atoms. The Kier molecular flexibility index (Phi) is 3.25. The quantitative estimate of drug-likeness (QED) is 0.736. The zero-order chi connectivity index (χ0) is 12.3. The number of carbonyl (C=O) groups excluding carboxylic acids is 1. The number of aliphatic hydroxyl groups is 1. The zero-order valence-electron chi connectivity index (χ0n) is 9.26. The molecule has 1 unspecified atom stereocenters. The van der Waals surface area contributed by atoms with Crippen LogP contribution in [0, 0.1) is 0 Å². The van der Waals surface area contributed by atoms with Crippen molar-refractivity contribution in [2.75, 3.05) is 11.9 Å². The number of nitrogens with two attached hydrogens (primary N) is 1. The molecular weight excluding hydrogens is 216 g/mol. The Hall–Kier alpha value is -2.07. The van der Waals surface area contributed by atoms with Crippen LogP contribution in [0.4, 0.5) is 5.69 Å². The predicted octanol–water partition coefficient (Wildman–Crippen LogP) is 1.10. The molecule has 0 aliphatic heterocycles. The molecule has 4 heteroatoms. The Morgan fingerprint density at radius 3 is 2.65 bits per heavy atom. The van der Waals surface area contributed by atoms with E-state index in [1.54, 1.807) is 0 Å². The molecule has 0 fully saturated rings. The van der Waals surface area contributed by atoms with Gasteiger partial charge in [-0.2, -0.15) is 0 Å². The fourth-order valence-electron chi connectivity index (χ4n) is 1.61. The molecule has 0 aliphatic rings. The van der Waals surface area contributed by atoms with E-state index in [-0.39, 0.29) is 6.54 Å². The lowest BCUT2D eigenvalue weighted by atomic mass is 10.1. The third kappa shape index (κ3) is 2.73. The lowest BCUT2D eigenvalue weighted by molar-refractivity contribution is -0.125. The standard InChI is InChI=1S/C13H14N2O2/c14-13(17)12(16)8-15-11-6-5-9-3-1-2-4-10(9)7-11/h1-7,12,15-16H,8H2,(H2,14,17). The lowest BCUT2D eigenvalue weighted by Crippen LogP contribution is -2.34. The fourth-order valence-corrected chi connectivity index (χ4v) is 1.61. The van der Waals surface area contributed by atoms with Crippen LogP contribution in [0.2, 0.25) is 0 Å². The van der Waals surface area contributed by atoms with Crippen LogP contribution < -0.4 is 11.1 Å². The van der Waals surface area contributed by atoms with Crippen LogP contribution >= 0.6 is 0 Å². The van der Waals surface area contributed by atoms with Crippen molar-refractivity contribution < 1.29 is 9.90 Å². The van der Waals surface area contributed by atoms with Crippen LogP contribution in [-0.4, -0.2) is 23.7 Å². The van der Waals surface area contributed by atoms with Gasteiger partial charge in [-0.15, -0.1) is 0 Å². The summed E-state index contributed by atoms with van der Waals surface area (Å²) in [7, 11) is 0. The van der Waals surface area contributed by atoms with E-state index < -0.39 is 12.0 Å². The van der Waals surface area contributed by atoms with Crippen molar-refractivity contribution in [3.05, 3.63) is 42.5 Å². The van der Waals surface area contributed by atoms with E-state index in [9.17, 15) is 9.90 Å². The number of benzene rings is 2. The van der Waals surface area contributed by atoms with E-state index in [1.165, 1.54) is 0 Å². The molecular formula is C13H14N2O2. The van der Waals surface area contributed by atoms with Gasteiger partial charge in [0.05, 0.1) is 0 Å². The molecule has 0 aliphatic carbocycles. The molecule has 0 saturated carbocycles. The number of primary amides is 1. The predicted molar refractivity (Wildman–Crippen MR) is 67.6 cm³/mol. The molecule has 4 nitrogen and oxygen atoms in total. The summed E-state index contributed by atoms with van der Waals surface area (Å²) in [6.45, 7) is 0.119. The zero-order valence-corrected chi connectivity index (χ0v) is 9.26. The average molecular weight is 230 g/mol. The molecule has 0 saturated heterocycles. The number of fused-ring (bicyclic) bond motifs is 1. The molecule has 0 radical (unpaired) electrons. The van der Waals surface area contributed by atoms with E-state index in [0.717, 1.165) is 16.5 Å². The second-order valence-electron chi connectivity index (χ2n) is 3.86. The largest absolute Gasteiger partial charge is 0.382 e. The van der Waals surface area contributed by atoms with Crippen molar-refractivity contribution in [1.82, 2.24) is 0 Å². The van der Waals surface area contributed by atoms with Gasteiger partial charge in [0.15, 0.2) is 0 Å². The first-order valence-electron chi connectivity index (χ1n) is 5.37. The first kappa shape index (κ1) is 11.4. The lowest BCUT2D eigenvalue weighted by Gasteiger charge is -2.10. The van der Waals surface area contributed by atoms with E-state index in [0.29, 0.717) is 0 Å². The van der Waals surface area contributed by atoms with Gasteiger partial charge in [0, 0.05) is 12.2 Å². The minimum Gasteiger partial charge on any atom is -0.382 e. The summed E-state index contributed by atoms with van der Waals surface area (Å²) in [6.07, 6.45) is -1.17. The van der Waals surface area contributed by atoms with Gasteiger partial charge >= 0.3 is 0 Å². The number of aliphatic hydroxyl groups excluding tert-OH is 1. The second-order valence-corrected chi connectivity index (χ2v) is 3.86. The van der Waals surface area contributed by atoms with E-state index >= 15 is 0 Å². The summed E-state index contributed by atoms with van der Waals surface area (Å²) in [4.78, 5) is 10.7. The fraction of sp³-hybridized carbons (Fsp3) is 0.154. The highest BCUT2D eigenvalue weighted by Crippen LogP contribution is 2.18. The molecule has 2 rings (SSSR count). The molecule has 1 amide bonds. The Bertz CT molecular complexity index is 540. The molecule has 4 N–H and O–H groups in total. The molecule has 2 aromatic carbocycles. The summed E-state index contributed by atoms with van der Waals surface area (Å²) >= 11 is 0. The third-order valence-electron chi connectivity index (χ3n) is 2.58. The van der Waals surface area contributed by atoms with Crippen molar-refractivity contribution >= 4 is 22.4 Å². The Morgan fingerprint density at radius 1 is 1.24 bits per heavy atom. The van der Waals surface area contributed by atoms with E-state index in [2.05, 4.69) is 5.32 Å². The van der Waals surface area contributed by atoms with Crippen LogP contribution in [0.3, 0.4) is 0 Å². The van der Waals surface area contributed by atoms with Crippen LogP contribution in [-0.2, 0) is 4.79 Å². The van der Waals surface area contributed by atoms with Crippen molar-refractivity contribution in [2.24, 2.45) is 5.73 Å². The van der Waals surface area contributed by atoms with Gasteiger partial charge in [0.25, 0.3) is 0 Å². The first-order valence-corrected chi connectivity index (χ1v) is 5.37. The van der Waals surface area contributed by atoms with Gasteiger partial charge in [0.2, 0.25) is 5.91 Å². The maximum Gasteiger partial charge on any atom is 0.248 e. The number of carbonyl (C=O) groups is 1. The summed E-state index contributed by atoms with van der Waals surface area (Å²) < 4.78 is 0. The van der Waals surface area contributed by atoms with Crippen LogP contribution in [0.25, 0.3) is 10.8 Å². The maximum absolute atomic E-state index is 10.7. The van der Waals surface area contributed by atoms with Crippen LogP contribution in [0.5, 0.6) is 0 Å². The minimum absolute atomic E-state index is 0.119. The highest BCUT2D eigenvalue weighted by molar-refractivity contribution is 5.85. The molecule has 0 bridgehead atoms. The summed E-state index contributed by atoms with van der Waals surface area (Å²) in [5.74, 6) is -0.724. The topological polar surface area (TPSA) is 75.4 Å². The van der Waals surface area contributed by atoms with Gasteiger partial charge < -0.3 is 16.2 Å². The third-order valence-corrected chi connectivity index (χ3v) is 2.58. The van der Waals surface area contributed by atoms with E-state index in [1.807, 2.05) is 42.5 Å². The number of hydrogen-bond acceptors (Lipinski definition) is 3. The number of hydrogen-bond donors (Lipinski definition) is 3. The summed E-state index contributed by atoms with van der Waals surface area (Å²) in [5.41, 5.74) is 5.81. The number of anilines is 1. The molecule has 1 atom stereocenters. The highest BCUT2D eigenvalue weighted by Gasteiger charge is 2.09. The average Bonchev–Trinajstić information content (AvgIpc) is 2.35. The number of amides is 1. The Morgan fingerprint density at radius 2 is 1.94 bits per heavy atom. The smallest absolute Gasteiger partial charge is 0.248 e. The summed E-state index contributed by atoms with van der Waals surface area (Å²) in [5, 5.41) is 14.5. The SMILES string of the molecule is NC(=O)C(O)CNc1ccc2ccccc2c1. The molecule has 0 aromatic heterocycles. The van der Waals surface area contributed by atoms with Crippen LogP contribution in [0.15, 0.2) is 42.5 Å². The van der Waals surface area contributed by atoms with Gasteiger partial charge in [-0.3, -0.25) is 4.79 Å². The monoisotopic (exact) mass is 230 g/mol. The van der Waals surface area contributed by atoms with Gasteiger partial charge in [-0.1, -0.05) is 30.3 Å². The van der Waals surface area contributed by atoms with Crippen molar-refractivity contribution in [1.29, 1.82) is 0 Å². The molecule has 0 heterocycles. The molecule has 0 spiro atoms. The summed E-state index contributed by atoms with van der Waals surface area (Å²) in [6, 6.07) is 13.8. The number of nitrogens with one attached hydrogen (secondary N) is 1. The second kappa shape index (κ2) is 4.84. The Balaban J connectivity index is 2.12. The van der Waals surface area contributed by atoms with Crippen LogP contribution in [0.1, 0.15) is 0 Å².